The minimum atomic E-state index is -0.505. The number of nitrogens with one attached hydrogen (secondary N) is 1. The van der Waals surface area contributed by atoms with Crippen molar-refractivity contribution < 1.29 is 19.3 Å². The largest absolute Gasteiger partial charge is 0.493 e. The van der Waals surface area contributed by atoms with E-state index in [9.17, 15) is 5.11 Å². The van der Waals surface area contributed by atoms with Crippen LogP contribution in [-0.2, 0) is 6.54 Å². The highest BCUT2D eigenvalue weighted by Gasteiger charge is 2.17. The van der Waals surface area contributed by atoms with E-state index < -0.39 is 6.10 Å². The van der Waals surface area contributed by atoms with Crippen molar-refractivity contribution in [3.05, 3.63) is 54.1 Å². The van der Waals surface area contributed by atoms with Crippen molar-refractivity contribution in [1.29, 1.82) is 0 Å². The van der Waals surface area contributed by atoms with Crippen molar-refractivity contribution in [3.63, 3.8) is 0 Å². The van der Waals surface area contributed by atoms with Gasteiger partial charge in [-0.1, -0.05) is 24.3 Å². The van der Waals surface area contributed by atoms with E-state index in [1.165, 1.54) is 12.8 Å². The molecule has 6 heteroatoms. The molecule has 3 rings (SSSR count). The number of hydrogen-bond donors (Lipinski definition) is 2. The number of ether oxygens (including phenoxy) is 3. The first-order valence-corrected chi connectivity index (χ1v) is 10.3. The number of benzene rings is 2. The summed E-state index contributed by atoms with van der Waals surface area (Å²) >= 11 is 0. The molecule has 2 aromatic rings. The summed E-state index contributed by atoms with van der Waals surface area (Å²) in [5.41, 5.74) is 1.09. The molecule has 0 aliphatic carbocycles. The van der Waals surface area contributed by atoms with Crippen molar-refractivity contribution in [2.45, 2.75) is 25.5 Å². The van der Waals surface area contributed by atoms with Gasteiger partial charge in [0.15, 0.2) is 11.5 Å². The number of likely N-dealkylation sites (tertiary alicyclic amines) is 1. The maximum Gasteiger partial charge on any atom is 0.161 e. The maximum atomic E-state index is 10.3. The number of methoxy groups -OCH3 is 1. The highest BCUT2D eigenvalue weighted by Crippen LogP contribution is 2.28. The van der Waals surface area contributed by atoms with Crippen LogP contribution in [-0.4, -0.2) is 62.6 Å². The van der Waals surface area contributed by atoms with E-state index in [2.05, 4.69) is 10.2 Å². The number of aliphatic hydroxyl groups excluding tert-OH is 1. The molecule has 1 fully saturated rings. The van der Waals surface area contributed by atoms with E-state index in [1.54, 1.807) is 7.11 Å². The fourth-order valence-corrected chi connectivity index (χ4v) is 3.44. The summed E-state index contributed by atoms with van der Waals surface area (Å²) in [4.78, 5) is 2.28. The normalized spacial score (nSPS) is 15.2. The average molecular weight is 401 g/mol. The Balaban J connectivity index is 1.42. The Morgan fingerprint density at radius 3 is 2.59 bits per heavy atom. The molecular formula is C23H32N2O4. The van der Waals surface area contributed by atoms with Gasteiger partial charge >= 0.3 is 0 Å². The lowest BCUT2D eigenvalue weighted by Crippen LogP contribution is -2.33. The first-order valence-electron chi connectivity index (χ1n) is 10.3. The molecule has 6 nitrogen and oxygen atoms in total. The summed E-state index contributed by atoms with van der Waals surface area (Å²) < 4.78 is 17.0. The average Bonchev–Trinajstić information content (AvgIpc) is 3.26. The topological polar surface area (TPSA) is 63.2 Å². The minimum Gasteiger partial charge on any atom is -0.493 e. The van der Waals surface area contributed by atoms with Crippen molar-refractivity contribution in [3.8, 4) is 17.2 Å². The minimum absolute atomic E-state index is 0.259. The summed E-state index contributed by atoms with van der Waals surface area (Å²) in [5, 5.41) is 13.6. The SMILES string of the molecule is COc1ccc(CNCCOc2ccccc2)cc1OCC(O)CN1CCCC1. The quantitative estimate of drug-likeness (QED) is 0.534. The van der Waals surface area contributed by atoms with E-state index in [4.69, 9.17) is 14.2 Å². The highest BCUT2D eigenvalue weighted by molar-refractivity contribution is 5.43. The second kappa shape index (κ2) is 11.7. The summed E-state index contributed by atoms with van der Waals surface area (Å²) in [5.74, 6) is 2.21. The maximum absolute atomic E-state index is 10.3. The third kappa shape index (κ3) is 7.24. The van der Waals surface area contributed by atoms with Crippen LogP contribution < -0.4 is 19.5 Å². The Morgan fingerprint density at radius 1 is 1.03 bits per heavy atom. The number of para-hydroxylation sites is 1. The Hall–Kier alpha value is -2.28. The molecule has 1 aliphatic heterocycles. The molecule has 1 unspecified atom stereocenters. The van der Waals surface area contributed by atoms with E-state index in [0.29, 0.717) is 31.2 Å². The van der Waals surface area contributed by atoms with Gasteiger partial charge in [0.2, 0.25) is 0 Å². The second-order valence-corrected chi connectivity index (χ2v) is 7.30. The predicted octanol–water partition coefficient (Wildman–Crippen LogP) is 2.70. The van der Waals surface area contributed by atoms with Gasteiger partial charge in [0.25, 0.3) is 0 Å². The molecule has 1 atom stereocenters. The molecule has 1 heterocycles. The van der Waals surface area contributed by atoms with E-state index in [0.717, 1.165) is 30.9 Å². The van der Waals surface area contributed by atoms with Gasteiger partial charge in [-0.15, -0.1) is 0 Å². The van der Waals surface area contributed by atoms with Crippen molar-refractivity contribution in [2.75, 3.05) is 46.5 Å². The number of nitrogens with zero attached hydrogens (tertiary/aromatic N) is 1. The van der Waals surface area contributed by atoms with Gasteiger partial charge in [0.1, 0.15) is 25.1 Å². The van der Waals surface area contributed by atoms with Crippen molar-refractivity contribution in [1.82, 2.24) is 10.2 Å². The van der Waals surface area contributed by atoms with Gasteiger partial charge in [-0.2, -0.15) is 0 Å². The third-order valence-corrected chi connectivity index (χ3v) is 4.95. The lowest BCUT2D eigenvalue weighted by Gasteiger charge is -2.20. The van der Waals surface area contributed by atoms with Gasteiger partial charge < -0.3 is 29.5 Å². The van der Waals surface area contributed by atoms with Crippen molar-refractivity contribution in [2.24, 2.45) is 0 Å². The van der Waals surface area contributed by atoms with Gasteiger partial charge in [0, 0.05) is 19.6 Å². The zero-order chi connectivity index (χ0) is 20.3. The highest BCUT2D eigenvalue weighted by atomic mass is 16.5. The van der Waals surface area contributed by atoms with Crippen LogP contribution in [0.15, 0.2) is 48.5 Å². The molecule has 1 saturated heterocycles. The van der Waals surface area contributed by atoms with Gasteiger partial charge in [0.05, 0.1) is 7.11 Å². The molecule has 0 bridgehead atoms. The summed E-state index contributed by atoms with van der Waals surface area (Å²) in [6.07, 6.45) is 1.93. The Labute approximate surface area is 173 Å². The van der Waals surface area contributed by atoms with E-state index >= 15 is 0 Å². The molecule has 0 saturated carbocycles. The summed E-state index contributed by atoms with van der Waals surface area (Å²) in [6.45, 7) is 5.09. The lowest BCUT2D eigenvalue weighted by molar-refractivity contribution is 0.0746. The second-order valence-electron chi connectivity index (χ2n) is 7.30. The molecule has 0 radical (unpaired) electrons. The Bertz CT molecular complexity index is 720. The van der Waals surface area contributed by atoms with Crippen LogP contribution in [0.1, 0.15) is 18.4 Å². The van der Waals surface area contributed by atoms with Crippen molar-refractivity contribution >= 4 is 0 Å². The zero-order valence-corrected chi connectivity index (χ0v) is 17.2. The first-order chi connectivity index (χ1) is 14.2. The molecule has 2 aromatic carbocycles. The monoisotopic (exact) mass is 400 g/mol. The van der Waals surface area contributed by atoms with Crippen LogP contribution in [0.2, 0.25) is 0 Å². The summed E-state index contributed by atoms with van der Waals surface area (Å²) in [6, 6.07) is 15.7. The van der Waals surface area contributed by atoms with Crippen LogP contribution >= 0.6 is 0 Å². The van der Waals surface area contributed by atoms with Crippen LogP contribution in [0.3, 0.4) is 0 Å². The van der Waals surface area contributed by atoms with Crippen LogP contribution in [0.4, 0.5) is 0 Å². The van der Waals surface area contributed by atoms with E-state index in [1.807, 2.05) is 48.5 Å². The summed E-state index contributed by atoms with van der Waals surface area (Å²) in [7, 11) is 1.63. The van der Waals surface area contributed by atoms with Crippen LogP contribution in [0, 0.1) is 0 Å². The van der Waals surface area contributed by atoms with E-state index in [-0.39, 0.29) is 6.61 Å². The molecule has 2 N–H and O–H groups in total. The first kappa shape index (κ1) is 21.4. The third-order valence-electron chi connectivity index (χ3n) is 4.95. The Kier molecular flexibility index (Phi) is 8.61. The molecule has 0 spiro atoms. The molecule has 0 aromatic heterocycles. The molecule has 1 aliphatic rings. The Morgan fingerprint density at radius 2 is 1.83 bits per heavy atom. The van der Waals surface area contributed by atoms with Gasteiger partial charge in [-0.3, -0.25) is 0 Å². The number of rotatable bonds is 12. The molecule has 158 valence electrons. The predicted molar refractivity (Wildman–Crippen MR) is 114 cm³/mol. The molecule has 29 heavy (non-hydrogen) atoms. The number of hydrogen-bond acceptors (Lipinski definition) is 6. The van der Waals surface area contributed by atoms with Crippen LogP contribution in [0.25, 0.3) is 0 Å². The van der Waals surface area contributed by atoms with Gasteiger partial charge in [-0.05, 0) is 55.8 Å². The van der Waals surface area contributed by atoms with Gasteiger partial charge in [-0.25, -0.2) is 0 Å². The van der Waals surface area contributed by atoms with Crippen LogP contribution in [0.5, 0.6) is 17.2 Å². The molecular weight excluding hydrogens is 368 g/mol. The smallest absolute Gasteiger partial charge is 0.161 e. The standard InChI is InChI=1S/C23H32N2O4/c1-27-22-10-9-19(16-24-11-14-28-21-7-3-2-4-8-21)15-23(22)29-18-20(26)17-25-12-5-6-13-25/h2-4,7-10,15,20,24,26H,5-6,11-14,16-18H2,1H3. The number of aliphatic hydroxyl groups is 1. The fraction of sp³-hybridized carbons (Fsp3) is 0.478. The number of β-amino-alcohol motifs (C(OH)–C–C–N with tert-alkyl or cyclic N) is 1. The lowest BCUT2D eigenvalue weighted by atomic mass is 10.2. The molecule has 0 amide bonds. The zero-order valence-electron chi connectivity index (χ0n) is 17.2. The fourth-order valence-electron chi connectivity index (χ4n) is 3.44.